The minimum atomic E-state index is -1.84. The molecule has 26 heavy (non-hydrogen) atoms. The van der Waals surface area contributed by atoms with E-state index < -0.39 is 29.9 Å². The van der Waals surface area contributed by atoms with Gasteiger partial charge in [-0.05, 0) is 5.92 Å². The molecule has 4 atom stereocenters. The molecule has 0 radical (unpaired) electrons. The number of esters is 1. The maximum absolute atomic E-state index is 11.9. The molecule has 1 saturated heterocycles. The van der Waals surface area contributed by atoms with E-state index in [4.69, 9.17) is 20.9 Å². The number of aliphatic hydroxyl groups is 2. The van der Waals surface area contributed by atoms with Gasteiger partial charge >= 0.3 is 5.97 Å². The Morgan fingerprint density at radius 2 is 2.23 bits per heavy atom. The summed E-state index contributed by atoms with van der Waals surface area (Å²) in [7, 11) is 0. The lowest BCUT2D eigenvalue weighted by Gasteiger charge is -2.27. The Labute approximate surface area is 148 Å². The van der Waals surface area contributed by atoms with Crippen molar-refractivity contribution in [3.63, 3.8) is 0 Å². The monoisotopic (exact) mass is 366 g/mol. The second-order valence-electron chi connectivity index (χ2n) is 6.62. The van der Waals surface area contributed by atoms with Crippen LogP contribution in [-0.4, -0.2) is 67.2 Å². The van der Waals surface area contributed by atoms with Crippen LogP contribution in [0.2, 0.25) is 0 Å². The molecule has 3 heterocycles. The zero-order chi connectivity index (χ0) is 19.1. The van der Waals surface area contributed by atoms with Crippen molar-refractivity contribution in [1.82, 2.24) is 19.5 Å². The lowest BCUT2D eigenvalue weighted by atomic mass is 10.1. The molecular weight excluding hydrogens is 344 g/mol. The molecule has 0 saturated carbocycles. The van der Waals surface area contributed by atoms with Crippen LogP contribution in [0.1, 0.15) is 13.8 Å². The van der Waals surface area contributed by atoms with Gasteiger partial charge in [-0.1, -0.05) is 13.8 Å². The molecular formula is C15H22N6O5. The van der Waals surface area contributed by atoms with Crippen molar-refractivity contribution < 1.29 is 24.5 Å². The molecule has 0 spiro atoms. The first-order chi connectivity index (χ1) is 12.3. The minimum Gasteiger partial charge on any atom is -0.462 e. The van der Waals surface area contributed by atoms with Crippen molar-refractivity contribution in [3.8, 4) is 0 Å². The van der Waals surface area contributed by atoms with Crippen LogP contribution in [-0.2, 0) is 20.0 Å². The predicted octanol–water partition coefficient (Wildman–Crippen LogP) is -1.66. The van der Waals surface area contributed by atoms with E-state index in [9.17, 15) is 15.0 Å². The Balaban J connectivity index is 1.76. The number of imidazole rings is 1. The highest BCUT2D eigenvalue weighted by atomic mass is 16.6. The minimum absolute atomic E-state index is 0.0868. The molecule has 0 amide bonds. The Bertz CT molecular complexity index is 811. The van der Waals surface area contributed by atoms with Crippen LogP contribution in [0.25, 0.3) is 11.2 Å². The molecule has 3 rings (SSSR count). The maximum Gasteiger partial charge on any atom is 0.323 e. The summed E-state index contributed by atoms with van der Waals surface area (Å²) in [4.78, 5) is 23.8. The van der Waals surface area contributed by atoms with E-state index in [1.165, 1.54) is 17.2 Å². The summed E-state index contributed by atoms with van der Waals surface area (Å²) in [6, 6.07) is -0.773. The summed E-state index contributed by atoms with van der Waals surface area (Å²) in [6.07, 6.45) is 0.207. The molecule has 2 aromatic rings. The molecule has 1 aliphatic rings. The second-order valence-corrected chi connectivity index (χ2v) is 6.62. The Morgan fingerprint density at radius 3 is 2.92 bits per heavy atom. The number of fused-ring (bicyclic) bond motifs is 1. The standard InChI is InChI=1S/C15H22N6O5/c1-7(2)9(16)14(23)25-3-8-11(22)15(24,4-26-8)21-6-20-10-12(17)18-5-19-13(10)21/h5-9,11,22,24H,3-4,16H2,1-2H3,(H2,17,18,19). The van der Waals surface area contributed by atoms with Crippen LogP contribution in [0.15, 0.2) is 12.7 Å². The van der Waals surface area contributed by atoms with Gasteiger partial charge in [-0.2, -0.15) is 0 Å². The fourth-order valence-corrected chi connectivity index (χ4v) is 2.72. The SMILES string of the molecule is CC(C)C(N)C(=O)OCC1OCC(O)(n2cnc3c(N)ncnc32)C1O. The molecule has 0 aromatic carbocycles. The lowest BCUT2D eigenvalue weighted by Crippen LogP contribution is -2.47. The molecule has 1 fully saturated rings. The average Bonchev–Trinajstić information content (AvgIpc) is 3.16. The number of carbonyl (C=O) groups excluding carboxylic acids is 1. The number of aliphatic hydroxyl groups excluding tert-OH is 1. The van der Waals surface area contributed by atoms with E-state index in [2.05, 4.69) is 15.0 Å². The van der Waals surface area contributed by atoms with Gasteiger partial charge in [0.25, 0.3) is 0 Å². The number of hydrogen-bond acceptors (Lipinski definition) is 10. The van der Waals surface area contributed by atoms with Crippen molar-refractivity contribution in [2.75, 3.05) is 18.9 Å². The summed E-state index contributed by atoms with van der Waals surface area (Å²) < 4.78 is 11.8. The van der Waals surface area contributed by atoms with Crippen molar-refractivity contribution in [1.29, 1.82) is 0 Å². The highest BCUT2D eigenvalue weighted by molar-refractivity contribution is 5.81. The maximum atomic E-state index is 11.9. The van der Waals surface area contributed by atoms with Gasteiger partial charge in [0.2, 0.25) is 0 Å². The predicted molar refractivity (Wildman–Crippen MR) is 89.4 cm³/mol. The zero-order valence-electron chi connectivity index (χ0n) is 14.4. The van der Waals surface area contributed by atoms with Crippen LogP contribution < -0.4 is 11.5 Å². The highest BCUT2D eigenvalue weighted by Gasteiger charge is 2.51. The van der Waals surface area contributed by atoms with E-state index in [1.54, 1.807) is 13.8 Å². The van der Waals surface area contributed by atoms with Crippen LogP contribution >= 0.6 is 0 Å². The fraction of sp³-hybridized carbons (Fsp3) is 0.600. The van der Waals surface area contributed by atoms with Crippen molar-refractivity contribution in [2.24, 2.45) is 11.7 Å². The third-order valence-electron chi connectivity index (χ3n) is 4.49. The van der Waals surface area contributed by atoms with Gasteiger partial charge in [0, 0.05) is 0 Å². The smallest absolute Gasteiger partial charge is 0.323 e. The number of nitrogens with two attached hydrogens (primary N) is 2. The van der Waals surface area contributed by atoms with Crippen molar-refractivity contribution in [3.05, 3.63) is 12.7 Å². The van der Waals surface area contributed by atoms with Gasteiger partial charge in [-0.3, -0.25) is 9.36 Å². The zero-order valence-corrected chi connectivity index (χ0v) is 14.4. The number of carbonyl (C=O) groups is 1. The molecule has 6 N–H and O–H groups in total. The average molecular weight is 366 g/mol. The number of hydrogen-bond donors (Lipinski definition) is 4. The van der Waals surface area contributed by atoms with Gasteiger partial charge in [0.05, 0.1) is 12.9 Å². The van der Waals surface area contributed by atoms with Gasteiger partial charge < -0.3 is 31.2 Å². The van der Waals surface area contributed by atoms with E-state index in [1.807, 2.05) is 0 Å². The summed E-state index contributed by atoms with van der Waals surface area (Å²) in [5.74, 6) is -0.532. The molecule has 11 heteroatoms. The lowest BCUT2D eigenvalue weighted by molar-refractivity contribution is -0.152. The first-order valence-corrected chi connectivity index (χ1v) is 8.14. The number of nitrogen functional groups attached to an aromatic ring is 1. The third kappa shape index (κ3) is 2.98. The number of rotatable bonds is 5. The highest BCUT2D eigenvalue weighted by Crippen LogP contribution is 2.32. The van der Waals surface area contributed by atoms with Crippen LogP contribution in [0, 0.1) is 5.92 Å². The van der Waals surface area contributed by atoms with Crippen LogP contribution in [0.5, 0.6) is 0 Å². The van der Waals surface area contributed by atoms with Gasteiger partial charge in [-0.15, -0.1) is 0 Å². The Hall–Kier alpha value is -2.34. The van der Waals surface area contributed by atoms with Crippen molar-refractivity contribution >= 4 is 23.0 Å². The summed E-state index contributed by atoms with van der Waals surface area (Å²) in [5.41, 5.74) is 10.2. The molecule has 0 bridgehead atoms. The number of nitrogens with zero attached hydrogens (tertiary/aromatic N) is 4. The van der Waals surface area contributed by atoms with Crippen molar-refractivity contribution in [2.45, 2.75) is 37.8 Å². The Morgan fingerprint density at radius 1 is 1.50 bits per heavy atom. The van der Waals surface area contributed by atoms with E-state index in [-0.39, 0.29) is 30.6 Å². The summed E-state index contributed by atoms with van der Waals surface area (Å²) >= 11 is 0. The fourth-order valence-electron chi connectivity index (χ4n) is 2.72. The largest absolute Gasteiger partial charge is 0.462 e. The first kappa shape index (κ1) is 18.5. The Kier molecular flexibility index (Phi) is 4.80. The molecule has 0 aliphatic carbocycles. The number of ether oxygens (including phenoxy) is 2. The third-order valence-corrected chi connectivity index (χ3v) is 4.49. The number of anilines is 1. The second kappa shape index (κ2) is 6.76. The summed E-state index contributed by atoms with van der Waals surface area (Å²) in [6.45, 7) is 3.10. The van der Waals surface area contributed by atoms with E-state index in [0.29, 0.717) is 5.52 Å². The van der Waals surface area contributed by atoms with Crippen LogP contribution in [0.4, 0.5) is 5.82 Å². The number of aromatic nitrogens is 4. The van der Waals surface area contributed by atoms with E-state index >= 15 is 0 Å². The van der Waals surface area contributed by atoms with Gasteiger partial charge in [-0.25, -0.2) is 15.0 Å². The van der Waals surface area contributed by atoms with Crippen LogP contribution in [0.3, 0.4) is 0 Å². The topological polar surface area (TPSA) is 172 Å². The van der Waals surface area contributed by atoms with Gasteiger partial charge in [0.1, 0.15) is 36.7 Å². The molecule has 142 valence electrons. The van der Waals surface area contributed by atoms with Gasteiger partial charge in [0.15, 0.2) is 17.2 Å². The molecule has 4 unspecified atom stereocenters. The normalized spacial score (nSPS) is 27.2. The summed E-state index contributed by atoms with van der Waals surface area (Å²) in [5, 5.41) is 21.5. The van der Waals surface area contributed by atoms with E-state index in [0.717, 1.165) is 0 Å². The molecule has 1 aliphatic heterocycles. The quantitative estimate of drug-likeness (QED) is 0.449. The molecule has 11 nitrogen and oxygen atoms in total. The molecule has 2 aromatic heterocycles. The first-order valence-electron chi connectivity index (χ1n) is 8.14.